The zero-order valence-electron chi connectivity index (χ0n) is 18.0. The minimum absolute atomic E-state index is 0.0206. The predicted octanol–water partition coefficient (Wildman–Crippen LogP) is 4.20. The molecular weight excluding hydrogens is 448 g/mol. The number of benzene rings is 4. The van der Waals surface area contributed by atoms with Gasteiger partial charge in [0.1, 0.15) is 5.84 Å². The van der Waals surface area contributed by atoms with E-state index in [1.165, 1.54) is 6.07 Å². The summed E-state index contributed by atoms with van der Waals surface area (Å²) in [4.78, 5) is 13.1. The molecule has 0 aliphatic rings. The van der Waals surface area contributed by atoms with Gasteiger partial charge in [-0.1, -0.05) is 72.8 Å². The molecule has 4 aromatic carbocycles. The number of amidine groups is 1. The van der Waals surface area contributed by atoms with Crippen molar-refractivity contribution in [2.24, 2.45) is 10.9 Å². The molecule has 0 spiro atoms. The highest BCUT2D eigenvalue weighted by molar-refractivity contribution is 7.89. The van der Waals surface area contributed by atoms with Gasteiger partial charge < -0.3 is 11.1 Å². The van der Waals surface area contributed by atoms with E-state index in [1.54, 1.807) is 66.7 Å². The lowest BCUT2D eigenvalue weighted by molar-refractivity contribution is 0.102. The van der Waals surface area contributed by atoms with E-state index >= 15 is 0 Å². The van der Waals surface area contributed by atoms with Gasteiger partial charge in [-0.25, -0.2) is 13.6 Å². The van der Waals surface area contributed by atoms with Crippen molar-refractivity contribution in [3.05, 3.63) is 108 Å². The van der Waals surface area contributed by atoms with Gasteiger partial charge in [0.25, 0.3) is 5.91 Å². The van der Waals surface area contributed by atoms with Gasteiger partial charge in [0.2, 0.25) is 10.0 Å². The summed E-state index contributed by atoms with van der Waals surface area (Å²) in [6.07, 6.45) is 0. The maximum absolute atomic E-state index is 13.1. The Morgan fingerprint density at radius 1 is 0.735 bits per heavy atom. The van der Waals surface area contributed by atoms with E-state index in [4.69, 9.17) is 16.3 Å². The van der Waals surface area contributed by atoms with Gasteiger partial charge in [-0.3, -0.25) is 10.2 Å². The normalized spacial score (nSPS) is 11.1. The molecule has 7 nitrogen and oxygen atoms in total. The van der Waals surface area contributed by atoms with E-state index in [9.17, 15) is 13.2 Å². The smallest absolute Gasteiger partial charge is 0.256 e. The van der Waals surface area contributed by atoms with Crippen molar-refractivity contribution >= 4 is 27.5 Å². The Morgan fingerprint density at radius 2 is 1.26 bits per heavy atom. The van der Waals surface area contributed by atoms with Crippen LogP contribution in [0.4, 0.5) is 5.69 Å². The average Bonchev–Trinajstić information content (AvgIpc) is 2.84. The maximum atomic E-state index is 13.1. The van der Waals surface area contributed by atoms with Crippen LogP contribution in [0, 0.1) is 5.41 Å². The summed E-state index contributed by atoms with van der Waals surface area (Å²) in [6.45, 7) is 0. The molecular formula is C26H22N4O3S. The number of rotatable bonds is 6. The SMILES string of the molecule is N=C(N)c1ccc(-c2ccccc2C(=O)Nc2ccc(-c3ccccc3S(N)(=O)=O)cc2)cc1. The van der Waals surface area contributed by atoms with Gasteiger partial charge in [-0.05, 0) is 41.0 Å². The molecule has 0 heterocycles. The van der Waals surface area contributed by atoms with Crippen molar-refractivity contribution in [3.8, 4) is 22.3 Å². The molecule has 34 heavy (non-hydrogen) atoms. The Balaban J connectivity index is 1.59. The van der Waals surface area contributed by atoms with Gasteiger partial charge in [0.15, 0.2) is 0 Å². The summed E-state index contributed by atoms with van der Waals surface area (Å²) in [5.74, 6) is -0.309. The third-order valence-electron chi connectivity index (χ3n) is 5.33. The topological polar surface area (TPSA) is 139 Å². The maximum Gasteiger partial charge on any atom is 0.256 e. The number of nitrogens with one attached hydrogen (secondary N) is 2. The second-order valence-corrected chi connectivity index (χ2v) is 9.14. The first-order valence-corrected chi connectivity index (χ1v) is 11.9. The molecule has 1 amide bonds. The number of primary sulfonamides is 1. The summed E-state index contributed by atoms with van der Waals surface area (Å²) < 4.78 is 23.8. The molecule has 0 aromatic heterocycles. The second-order valence-electron chi connectivity index (χ2n) is 7.61. The second kappa shape index (κ2) is 9.30. The number of hydrogen-bond acceptors (Lipinski definition) is 4. The summed E-state index contributed by atoms with van der Waals surface area (Å²) >= 11 is 0. The van der Waals surface area contributed by atoms with Crippen LogP contribution >= 0.6 is 0 Å². The molecule has 0 fully saturated rings. The molecule has 0 unspecified atom stereocenters. The van der Waals surface area contributed by atoms with Crippen LogP contribution in [-0.2, 0) is 10.0 Å². The molecule has 0 saturated carbocycles. The fraction of sp³-hybridized carbons (Fsp3) is 0. The molecule has 0 aliphatic carbocycles. The molecule has 0 radical (unpaired) electrons. The molecule has 170 valence electrons. The molecule has 4 rings (SSSR count). The number of carbonyl (C=O) groups is 1. The van der Waals surface area contributed by atoms with Crippen molar-refractivity contribution in [1.29, 1.82) is 5.41 Å². The van der Waals surface area contributed by atoms with Crippen molar-refractivity contribution in [1.82, 2.24) is 0 Å². The van der Waals surface area contributed by atoms with Crippen LogP contribution in [0.15, 0.2) is 102 Å². The van der Waals surface area contributed by atoms with Gasteiger partial charge >= 0.3 is 0 Å². The molecule has 0 bridgehead atoms. The zero-order chi connectivity index (χ0) is 24.3. The lowest BCUT2D eigenvalue weighted by Crippen LogP contribution is -2.14. The number of hydrogen-bond donors (Lipinski definition) is 4. The Bertz CT molecular complexity index is 1480. The van der Waals surface area contributed by atoms with Crippen LogP contribution in [0.1, 0.15) is 15.9 Å². The first-order valence-electron chi connectivity index (χ1n) is 10.3. The first kappa shape index (κ1) is 22.9. The van der Waals surface area contributed by atoms with Crippen LogP contribution in [0.3, 0.4) is 0 Å². The Labute approximate surface area is 197 Å². The molecule has 0 atom stereocenters. The fourth-order valence-electron chi connectivity index (χ4n) is 3.65. The third kappa shape index (κ3) is 4.88. The monoisotopic (exact) mass is 470 g/mol. The highest BCUT2D eigenvalue weighted by Crippen LogP contribution is 2.29. The van der Waals surface area contributed by atoms with Gasteiger partial charge in [0.05, 0.1) is 4.90 Å². The first-order chi connectivity index (χ1) is 16.2. The van der Waals surface area contributed by atoms with Crippen LogP contribution < -0.4 is 16.2 Å². The predicted molar refractivity (Wildman–Crippen MR) is 134 cm³/mol. The molecule has 6 N–H and O–H groups in total. The van der Waals surface area contributed by atoms with Crippen molar-refractivity contribution in [2.75, 3.05) is 5.32 Å². The zero-order valence-corrected chi connectivity index (χ0v) is 18.8. The van der Waals surface area contributed by atoms with Crippen molar-refractivity contribution < 1.29 is 13.2 Å². The third-order valence-corrected chi connectivity index (χ3v) is 6.30. The molecule has 0 aliphatic heterocycles. The van der Waals surface area contributed by atoms with Gasteiger partial charge in [-0.2, -0.15) is 0 Å². The van der Waals surface area contributed by atoms with E-state index < -0.39 is 10.0 Å². The Hall–Kier alpha value is -4.27. The summed E-state index contributed by atoms with van der Waals surface area (Å²) in [5, 5.41) is 15.8. The van der Waals surface area contributed by atoms with Crippen LogP contribution in [0.25, 0.3) is 22.3 Å². The highest BCUT2D eigenvalue weighted by Gasteiger charge is 2.16. The number of carbonyl (C=O) groups excluding carboxylic acids is 1. The number of anilines is 1. The lowest BCUT2D eigenvalue weighted by atomic mass is 9.98. The number of nitrogen functional groups attached to an aromatic ring is 1. The average molecular weight is 471 g/mol. The Kier molecular flexibility index (Phi) is 6.27. The van der Waals surface area contributed by atoms with Crippen molar-refractivity contribution in [2.45, 2.75) is 4.90 Å². The summed E-state index contributed by atoms with van der Waals surface area (Å²) in [5.41, 5.74) is 9.90. The number of nitrogens with two attached hydrogens (primary N) is 2. The quantitative estimate of drug-likeness (QED) is 0.248. The standard InChI is InChI=1S/C26H22N4O3S/c27-25(28)19-11-9-17(10-12-19)21-5-1-2-7-23(21)26(31)30-20-15-13-18(14-16-20)22-6-3-4-8-24(22)34(29,32)33/h1-16H,(H3,27,28)(H,30,31)(H2,29,32,33). The molecule has 8 heteroatoms. The van der Waals surface area contributed by atoms with E-state index in [0.29, 0.717) is 27.9 Å². The van der Waals surface area contributed by atoms with Crippen LogP contribution in [0.2, 0.25) is 0 Å². The lowest BCUT2D eigenvalue weighted by Gasteiger charge is -2.12. The fourth-order valence-corrected chi connectivity index (χ4v) is 4.41. The highest BCUT2D eigenvalue weighted by atomic mass is 32.2. The van der Waals surface area contributed by atoms with E-state index in [0.717, 1.165) is 11.1 Å². The van der Waals surface area contributed by atoms with Crippen LogP contribution in [0.5, 0.6) is 0 Å². The summed E-state index contributed by atoms with van der Waals surface area (Å²) in [6, 6.07) is 27.7. The number of sulfonamides is 1. The van der Waals surface area contributed by atoms with E-state index in [2.05, 4.69) is 5.32 Å². The largest absolute Gasteiger partial charge is 0.384 e. The molecule has 0 saturated heterocycles. The van der Waals surface area contributed by atoms with Gasteiger partial charge in [0, 0.05) is 22.4 Å². The number of amides is 1. The van der Waals surface area contributed by atoms with E-state index in [-0.39, 0.29) is 16.6 Å². The van der Waals surface area contributed by atoms with Crippen molar-refractivity contribution in [3.63, 3.8) is 0 Å². The van der Waals surface area contributed by atoms with E-state index in [1.807, 2.05) is 24.3 Å². The minimum atomic E-state index is -3.87. The van der Waals surface area contributed by atoms with Gasteiger partial charge in [-0.15, -0.1) is 0 Å². The summed E-state index contributed by atoms with van der Waals surface area (Å²) in [7, 11) is -3.87. The minimum Gasteiger partial charge on any atom is -0.384 e. The van der Waals surface area contributed by atoms with Crippen LogP contribution in [-0.4, -0.2) is 20.2 Å². The Morgan fingerprint density at radius 3 is 1.88 bits per heavy atom. The molecule has 4 aromatic rings.